The number of aryl methyl sites for hydroxylation is 2. The Morgan fingerprint density at radius 1 is 1.24 bits per heavy atom. The molecular weight excluding hydrogens is 260 g/mol. The van der Waals surface area contributed by atoms with E-state index in [4.69, 9.17) is 0 Å². The first-order valence-electron chi connectivity index (χ1n) is 7.64. The number of aromatic nitrogens is 3. The average molecular weight is 282 g/mol. The summed E-state index contributed by atoms with van der Waals surface area (Å²) in [4.78, 5) is 13.5. The lowest BCUT2D eigenvalue weighted by atomic mass is 9.97. The summed E-state index contributed by atoms with van der Waals surface area (Å²) in [7, 11) is 0. The van der Waals surface area contributed by atoms with Crippen LogP contribution in [-0.2, 0) is 0 Å². The quantitative estimate of drug-likeness (QED) is 0.916. The van der Waals surface area contributed by atoms with E-state index in [0.29, 0.717) is 5.92 Å². The molecule has 0 bridgehead atoms. The Morgan fingerprint density at radius 3 is 2.52 bits per heavy atom. The minimum atomic E-state index is 0.438. The normalized spacial score (nSPS) is 16.0. The largest absolute Gasteiger partial charge is 0.313 e. The van der Waals surface area contributed by atoms with Crippen LogP contribution >= 0.6 is 0 Å². The van der Waals surface area contributed by atoms with Gasteiger partial charge in [0.15, 0.2) is 5.82 Å². The van der Waals surface area contributed by atoms with Crippen molar-refractivity contribution in [1.29, 1.82) is 0 Å². The number of nitrogens with one attached hydrogen (secondary N) is 1. The summed E-state index contributed by atoms with van der Waals surface area (Å²) < 4.78 is 0. The highest BCUT2D eigenvalue weighted by atomic mass is 15.0. The van der Waals surface area contributed by atoms with Gasteiger partial charge in [-0.05, 0) is 50.3 Å². The Hall–Kier alpha value is -1.81. The van der Waals surface area contributed by atoms with Gasteiger partial charge in [-0.15, -0.1) is 0 Å². The van der Waals surface area contributed by atoms with Crippen LogP contribution in [0.3, 0.4) is 0 Å². The number of rotatable bonds is 5. The third-order valence-corrected chi connectivity index (χ3v) is 4.03. The van der Waals surface area contributed by atoms with Gasteiger partial charge < -0.3 is 5.32 Å². The van der Waals surface area contributed by atoms with Gasteiger partial charge in [-0.2, -0.15) is 0 Å². The molecule has 2 heterocycles. The van der Waals surface area contributed by atoms with E-state index < -0.39 is 0 Å². The minimum Gasteiger partial charge on any atom is -0.313 e. The van der Waals surface area contributed by atoms with E-state index in [9.17, 15) is 0 Å². The fourth-order valence-corrected chi connectivity index (χ4v) is 2.80. The van der Waals surface area contributed by atoms with E-state index in [0.717, 1.165) is 35.4 Å². The summed E-state index contributed by atoms with van der Waals surface area (Å²) in [6.07, 6.45) is 6.22. The summed E-state index contributed by atoms with van der Waals surface area (Å²) in [5.74, 6) is 1.21. The SMILES string of the molecule is Cc1nc(-c2cccnc2)nc(C)c1C(C)CNC1CC1. The van der Waals surface area contributed by atoms with E-state index in [-0.39, 0.29) is 0 Å². The molecule has 1 aliphatic carbocycles. The van der Waals surface area contributed by atoms with Crippen molar-refractivity contribution >= 4 is 0 Å². The van der Waals surface area contributed by atoms with Gasteiger partial charge in [-0.3, -0.25) is 4.98 Å². The first-order valence-corrected chi connectivity index (χ1v) is 7.64. The number of hydrogen-bond acceptors (Lipinski definition) is 4. The highest BCUT2D eigenvalue weighted by molar-refractivity contribution is 5.54. The molecule has 3 rings (SSSR count). The Bertz CT molecular complexity index is 597. The van der Waals surface area contributed by atoms with Gasteiger partial charge in [0.25, 0.3) is 0 Å². The van der Waals surface area contributed by atoms with Gasteiger partial charge >= 0.3 is 0 Å². The van der Waals surface area contributed by atoms with E-state index in [1.54, 1.807) is 6.20 Å². The van der Waals surface area contributed by atoms with Crippen LogP contribution in [0, 0.1) is 13.8 Å². The number of pyridine rings is 1. The monoisotopic (exact) mass is 282 g/mol. The molecular formula is C17H22N4. The predicted molar refractivity (Wildman–Crippen MR) is 84.2 cm³/mol. The highest BCUT2D eigenvalue weighted by Crippen LogP contribution is 2.25. The fraction of sp³-hybridized carbons (Fsp3) is 0.471. The molecule has 2 aromatic heterocycles. The Morgan fingerprint density at radius 2 is 1.95 bits per heavy atom. The third kappa shape index (κ3) is 3.27. The van der Waals surface area contributed by atoms with Crippen LogP contribution in [0.25, 0.3) is 11.4 Å². The predicted octanol–water partition coefficient (Wildman–Crippen LogP) is 3.01. The molecule has 1 aliphatic rings. The molecule has 0 saturated heterocycles. The zero-order chi connectivity index (χ0) is 14.8. The van der Waals surface area contributed by atoms with Gasteiger partial charge in [0.05, 0.1) is 0 Å². The second kappa shape index (κ2) is 5.90. The molecule has 0 aliphatic heterocycles. The third-order valence-electron chi connectivity index (χ3n) is 4.03. The first kappa shape index (κ1) is 14.1. The van der Waals surface area contributed by atoms with Crippen molar-refractivity contribution in [2.75, 3.05) is 6.54 Å². The Balaban J connectivity index is 1.85. The molecule has 1 unspecified atom stereocenters. The van der Waals surface area contributed by atoms with Crippen LogP contribution < -0.4 is 5.32 Å². The molecule has 1 saturated carbocycles. The summed E-state index contributed by atoms with van der Waals surface area (Å²) in [5, 5.41) is 3.59. The Labute approximate surface area is 126 Å². The average Bonchev–Trinajstić information content (AvgIpc) is 3.29. The van der Waals surface area contributed by atoms with Crippen molar-refractivity contribution in [3.05, 3.63) is 41.5 Å². The second-order valence-corrected chi connectivity index (χ2v) is 5.96. The molecule has 1 N–H and O–H groups in total. The van der Waals surface area contributed by atoms with Crippen LogP contribution in [-0.4, -0.2) is 27.5 Å². The van der Waals surface area contributed by atoms with Gasteiger partial charge in [0, 0.05) is 41.9 Å². The van der Waals surface area contributed by atoms with Crippen molar-refractivity contribution in [1.82, 2.24) is 20.3 Å². The smallest absolute Gasteiger partial charge is 0.161 e. The lowest BCUT2D eigenvalue weighted by Gasteiger charge is -2.18. The van der Waals surface area contributed by atoms with Crippen LogP contribution in [0.2, 0.25) is 0 Å². The standard InChI is InChI=1S/C17H22N4/c1-11(9-19-15-6-7-15)16-12(2)20-17(21-13(16)3)14-5-4-8-18-10-14/h4-5,8,10-11,15,19H,6-7,9H2,1-3H3. The van der Waals surface area contributed by atoms with Crippen molar-refractivity contribution in [2.24, 2.45) is 0 Å². The maximum absolute atomic E-state index is 4.69. The molecule has 1 atom stereocenters. The molecule has 21 heavy (non-hydrogen) atoms. The zero-order valence-corrected chi connectivity index (χ0v) is 12.9. The number of nitrogens with zero attached hydrogens (tertiary/aromatic N) is 3. The maximum Gasteiger partial charge on any atom is 0.161 e. The molecule has 2 aromatic rings. The summed E-state index contributed by atoms with van der Waals surface area (Å²) in [6, 6.07) is 4.65. The lowest BCUT2D eigenvalue weighted by Crippen LogP contribution is -2.23. The van der Waals surface area contributed by atoms with Crippen LogP contribution in [0.1, 0.15) is 42.6 Å². The van der Waals surface area contributed by atoms with E-state index in [1.165, 1.54) is 18.4 Å². The van der Waals surface area contributed by atoms with Crippen molar-refractivity contribution in [3.63, 3.8) is 0 Å². The van der Waals surface area contributed by atoms with Gasteiger partial charge in [-0.25, -0.2) is 9.97 Å². The summed E-state index contributed by atoms with van der Waals surface area (Å²) in [6.45, 7) is 7.41. The summed E-state index contributed by atoms with van der Waals surface area (Å²) >= 11 is 0. The first-order chi connectivity index (χ1) is 10.1. The minimum absolute atomic E-state index is 0.438. The summed E-state index contributed by atoms with van der Waals surface area (Å²) in [5.41, 5.74) is 4.40. The van der Waals surface area contributed by atoms with Crippen molar-refractivity contribution in [3.8, 4) is 11.4 Å². The molecule has 4 nitrogen and oxygen atoms in total. The van der Waals surface area contributed by atoms with E-state index in [1.807, 2.05) is 18.3 Å². The molecule has 0 aromatic carbocycles. The van der Waals surface area contributed by atoms with Crippen molar-refractivity contribution in [2.45, 2.75) is 45.6 Å². The zero-order valence-electron chi connectivity index (χ0n) is 12.9. The van der Waals surface area contributed by atoms with Crippen LogP contribution in [0.4, 0.5) is 0 Å². The van der Waals surface area contributed by atoms with E-state index >= 15 is 0 Å². The van der Waals surface area contributed by atoms with Crippen LogP contribution in [0.5, 0.6) is 0 Å². The van der Waals surface area contributed by atoms with Gasteiger partial charge in [-0.1, -0.05) is 6.92 Å². The van der Waals surface area contributed by atoms with E-state index in [2.05, 4.69) is 41.0 Å². The van der Waals surface area contributed by atoms with Gasteiger partial charge in [0.1, 0.15) is 0 Å². The number of hydrogen-bond donors (Lipinski definition) is 1. The molecule has 110 valence electrons. The maximum atomic E-state index is 4.69. The molecule has 0 amide bonds. The molecule has 0 spiro atoms. The molecule has 1 fully saturated rings. The molecule has 4 heteroatoms. The highest BCUT2D eigenvalue weighted by Gasteiger charge is 2.22. The van der Waals surface area contributed by atoms with Crippen molar-refractivity contribution < 1.29 is 0 Å². The lowest BCUT2D eigenvalue weighted by molar-refractivity contribution is 0.603. The molecule has 0 radical (unpaired) electrons. The van der Waals surface area contributed by atoms with Crippen LogP contribution in [0.15, 0.2) is 24.5 Å². The fourth-order valence-electron chi connectivity index (χ4n) is 2.80. The van der Waals surface area contributed by atoms with Gasteiger partial charge in [0.2, 0.25) is 0 Å². The Kier molecular flexibility index (Phi) is 3.97. The second-order valence-electron chi connectivity index (χ2n) is 5.96. The topological polar surface area (TPSA) is 50.7 Å².